The van der Waals surface area contributed by atoms with Crippen molar-refractivity contribution in [3.05, 3.63) is 80.2 Å². The van der Waals surface area contributed by atoms with Crippen molar-refractivity contribution in [2.24, 2.45) is 0 Å². The molecule has 0 aromatic heterocycles. The number of aromatic hydroxyl groups is 2. The van der Waals surface area contributed by atoms with Gasteiger partial charge in [-0.25, -0.2) is 0 Å². The quantitative estimate of drug-likeness (QED) is 0.197. The van der Waals surface area contributed by atoms with Gasteiger partial charge in [0.2, 0.25) is 0 Å². The number of carbonyl (C=O) groups is 1. The molecule has 3 N–H and O–H groups in total. The number of halogens is 5. The van der Waals surface area contributed by atoms with Gasteiger partial charge in [0.1, 0.15) is 17.6 Å². The molecule has 11 heteroatoms. The van der Waals surface area contributed by atoms with Gasteiger partial charge in [-0.1, -0.05) is 61.1 Å². The van der Waals surface area contributed by atoms with E-state index in [9.17, 15) is 15.0 Å². The Labute approximate surface area is 248 Å². The van der Waals surface area contributed by atoms with Crippen LogP contribution in [0.3, 0.4) is 0 Å². The molecule has 1 unspecified atom stereocenters. The maximum absolute atomic E-state index is 10.3. The first-order valence-electron chi connectivity index (χ1n) is 8.81. The van der Waals surface area contributed by atoms with E-state index >= 15 is 0 Å². The maximum atomic E-state index is 10.3. The molecule has 1 fully saturated rings. The van der Waals surface area contributed by atoms with Crippen LogP contribution in [0, 0.1) is 6.58 Å². The van der Waals surface area contributed by atoms with E-state index < -0.39 is 6.10 Å². The van der Waals surface area contributed by atoms with Crippen LogP contribution in [-0.4, -0.2) is 57.9 Å². The number of aldehydes is 1. The Kier molecular flexibility index (Phi) is 24.1. The summed E-state index contributed by atoms with van der Waals surface area (Å²) in [6.07, 6.45) is 3.51. The number of carbonyl (C=O) groups excluding carboxylic acids is 1. The minimum Gasteiger partial charge on any atom is -1.00 e. The first kappa shape index (κ1) is 37.4. The van der Waals surface area contributed by atoms with Crippen LogP contribution in [0.4, 0.5) is 0 Å². The molecule has 0 radical (unpaired) electrons. The van der Waals surface area contributed by atoms with E-state index in [4.69, 9.17) is 33.0 Å². The van der Waals surface area contributed by atoms with Crippen LogP contribution in [-0.2, 0) is 4.74 Å². The number of benzene rings is 2. The molecule has 0 saturated carbocycles. The Hall–Kier alpha value is -0.104. The van der Waals surface area contributed by atoms with Crippen LogP contribution in [0.25, 0.3) is 0 Å². The fourth-order valence-corrected chi connectivity index (χ4v) is 3.79. The van der Waals surface area contributed by atoms with E-state index in [1.807, 2.05) is 0 Å². The molecule has 1 heterocycles. The van der Waals surface area contributed by atoms with Crippen LogP contribution < -0.4 is 17.0 Å². The van der Waals surface area contributed by atoms with Crippen molar-refractivity contribution < 1.29 is 41.8 Å². The molecule has 5 nitrogen and oxygen atoms in total. The van der Waals surface area contributed by atoms with Gasteiger partial charge >= 0.3 is 23.1 Å². The maximum Gasteiger partial charge on any atom is 2.00 e. The number of phenols is 2. The third kappa shape index (κ3) is 14.1. The molecule has 0 aliphatic carbocycles. The molecule has 2 aromatic rings. The first-order chi connectivity index (χ1) is 14.7. The molecule has 2 aromatic carbocycles. The molecule has 1 aliphatic rings. The van der Waals surface area contributed by atoms with Crippen LogP contribution >= 0.6 is 55.1 Å². The first-order valence-corrected chi connectivity index (χ1v) is 11.2. The molecule has 0 amide bonds. The van der Waals surface area contributed by atoms with E-state index in [1.54, 1.807) is 12.1 Å². The van der Waals surface area contributed by atoms with Crippen molar-refractivity contribution in [3.63, 3.8) is 0 Å². The van der Waals surface area contributed by atoms with Gasteiger partial charge < -0.3 is 43.6 Å². The molecule has 1 aliphatic heterocycles. The molecular formula is C22H23Br3Cl2MgO5. The second-order valence-electron chi connectivity index (χ2n) is 5.77. The summed E-state index contributed by atoms with van der Waals surface area (Å²) in [7, 11) is 0. The van der Waals surface area contributed by atoms with Gasteiger partial charge in [-0.2, -0.15) is 0 Å². The van der Waals surface area contributed by atoms with Crippen LogP contribution in [0.1, 0.15) is 34.9 Å². The van der Waals surface area contributed by atoms with Gasteiger partial charge in [-0.05, 0) is 37.1 Å². The summed E-state index contributed by atoms with van der Waals surface area (Å²) in [6.45, 7) is 12.4. The van der Waals surface area contributed by atoms with Crippen molar-refractivity contribution in [3.8, 4) is 11.5 Å². The van der Waals surface area contributed by atoms with Crippen molar-refractivity contribution in [1.82, 2.24) is 0 Å². The predicted octanol–water partition coefficient (Wildman–Crippen LogP) is 3.67. The average molecular weight is 702 g/mol. The summed E-state index contributed by atoms with van der Waals surface area (Å²) in [4.78, 5) is 10.3. The topological polar surface area (TPSA) is 87.0 Å². The summed E-state index contributed by atoms with van der Waals surface area (Å²) >= 11 is 17.6. The third-order valence-electron chi connectivity index (χ3n) is 3.61. The summed E-state index contributed by atoms with van der Waals surface area (Å²) in [5.74, 6) is -0.290. The number of hydrogen-bond acceptors (Lipinski definition) is 5. The zero-order chi connectivity index (χ0) is 24.0. The number of phenolic OH excluding ortho intramolecular Hbond substituents is 2. The van der Waals surface area contributed by atoms with E-state index in [2.05, 4.69) is 51.6 Å². The van der Waals surface area contributed by atoms with Gasteiger partial charge in [-0.15, -0.1) is 6.58 Å². The van der Waals surface area contributed by atoms with E-state index in [-0.39, 0.29) is 67.1 Å². The van der Waals surface area contributed by atoms with Crippen molar-refractivity contribution in [1.29, 1.82) is 0 Å². The number of hydrogen-bond donors (Lipinski definition) is 3. The number of ether oxygens (including phenoxy) is 1. The largest absolute Gasteiger partial charge is 2.00 e. The molecule has 3 rings (SSSR count). The molecule has 33 heavy (non-hydrogen) atoms. The Morgan fingerprint density at radius 1 is 1.00 bits per heavy atom. The van der Waals surface area contributed by atoms with Crippen molar-refractivity contribution in [2.45, 2.75) is 18.9 Å². The minimum atomic E-state index is -0.907. The number of aliphatic hydroxyl groups is 1. The van der Waals surface area contributed by atoms with Gasteiger partial charge in [-0.3, -0.25) is 11.4 Å². The minimum absolute atomic E-state index is 0. The van der Waals surface area contributed by atoms with Gasteiger partial charge in [0.15, 0.2) is 6.29 Å². The average Bonchev–Trinajstić information content (AvgIpc) is 3.35. The zero-order valence-electron chi connectivity index (χ0n) is 17.6. The fraction of sp³-hybridized carbons (Fsp3) is 0.227. The van der Waals surface area contributed by atoms with E-state index in [0.29, 0.717) is 20.8 Å². The molecule has 1 saturated heterocycles. The molecule has 178 valence electrons. The van der Waals surface area contributed by atoms with E-state index in [1.165, 1.54) is 31.1 Å². The summed E-state index contributed by atoms with van der Waals surface area (Å²) in [5.41, 5.74) is 0.527. The second-order valence-corrected chi connectivity index (χ2v) is 8.41. The SMILES string of the molecule is C1CCOC1.C=CC(O)c1cc(Br)cc(Cl)c1O.O=Cc1cc(Br)cc(Cl)c1O.[Br-].[CH-]=C.[Mg+2]. The zero-order valence-corrected chi connectivity index (χ0v) is 25.3. The Morgan fingerprint density at radius 2 is 1.45 bits per heavy atom. The van der Waals surface area contributed by atoms with Gasteiger partial charge in [0, 0.05) is 27.7 Å². The Bertz CT molecular complexity index is 861. The smallest absolute Gasteiger partial charge is 1.00 e. The summed E-state index contributed by atoms with van der Waals surface area (Å²) in [6, 6.07) is 6.15. The van der Waals surface area contributed by atoms with Crippen molar-refractivity contribution >= 4 is 84.4 Å². The third-order valence-corrected chi connectivity index (χ3v) is 5.10. The molecular weight excluding hydrogens is 679 g/mol. The van der Waals surface area contributed by atoms with Crippen LogP contribution in [0.15, 0.2) is 52.4 Å². The second kappa shape index (κ2) is 21.2. The normalized spacial score (nSPS) is 11.9. The fourth-order valence-electron chi connectivity index (χ4n) is 2.12. The van der Waals surface area contributed by atoms with Gasteiger partial charge in [0.25, 0.3) is 0 Å². The standard InChI is InChI=1S/C9H8BrClO2.C7H4BrClO2.C4H8O.C2H3.BrH.Mg/c1-2-8(12)6-3-5(10)4-7(11)9(6)13;8-5-1-4(3-10)7(11)6(9)2-5;1-2-4-5-3-1;1-2;;/h2-4,8,12-13H,1H2;1-3,11H;1-4H2;1H,2H2;1H;/q;;;-1;;+2/p-1. The monoisotopic (exact) mass is 698 g/mol. The Morgan fingerprint density at radius 3 is 1.85 bits per heavy atom. The van der Waals surface area contributed by atoms with Gasteiger partial charge in [0.05, 0.1) is 15.6 Å². The number of rotatable bonds is 3. The summed E-state index contributed by atoms with van der Waals surface area (Å²) < 4.78 is 6.31. The molecule has 0 spiro atoms. The summed E-state index contributed by atoms with van der Waals surface area (Å²) in [5, 5.41) is 28.4. The van der Waals surface area contributed by atoms with E-state index in [0.717, 1.165) is 13.2 Å². The molecule has 0 bridgehead atoms. The van der Waals surface area contributed by atoms with Crippen LogP contribution in [0.2, 0.25) is 10.0 Å². The van der Waals surface area contributed by atoms with Crippen molar-refractivity contribution in [2.75, 3.05) is 13.2 Å². The predicted molar refractivity (Wildman–Crippen MR) is 138 cm³/mol. The molecule has 1 atom stereocenters. The number of aliphatic hydroxyl groups excluding tert-OH is 1. The Balaban J connectivity index is -0.000000408. The van der Waals surface area contributed by atoms with Crippen LogP contribution in [0.5, 0.6) is 11.5 Å².